The topological polar surface area (TPSA) is 88.6 Å². The molecule has 1 aromatic heterocycles. The van der Waals surface area contributed by atoms with E-state index < -0.39 is 0 Å². The van der Waals surface area contributed by atoms with Crippen molar-refractivity contribution in [1.82, 2.24) is 15.6 Å². The van der Waals surface area contributed by atoms with Gasteiger partial charge in [0, 0.05) is 5.56 Å². The molecule has 1 heterocycles. The van der Waals surface area contributed by atoms with Crippen molar-refractivity contribution in [2.75, 3.05) is 7.11 Å². The molecule has 7 heteroatoms. The zero-order chi connectivity index (χ0) is 23.0. The number of methoxy groups -OCH3 is 1. The van der Waals surface area contributed by atoms with Gasteiger partial charge in [-0.25, -0.2) is 5.43 Å². The first kappa shape index (κ1) is 21.8. The number of amides is 1. The lowest BCUT2D eigenvalue weighted by Gasteiger charge is -2.11. The molecule has 0 atom stereocenters. The van der Waals surface area contributed by atoms with Gasteiger partial charge in [-0.1, -0.05) is 60.2 Å². The highest BCUT2D eigenvalue weighted by Crippen LogP contribution is 2.28. The van der Waals surface area contributed by atoms with Crippen LogP contribution in [0.15, 0.2) is 84.0 Å². The highest BCUT2D eigenvalue weighted by molar-refractivity contribution is 5.94. The number of carbonyl (C=O) groups excluding carboxylic acids is 1. The molecule has 1 amide bonds. The number of ether oxygens (including phenoxy) is 2. The second-order valence-corrected chi connectivity index (χ2v) is 7.42. The molecule has 7 nitrogen and oxygen atoms in total. The van der Waals surface area contributed by atoms with Crippen LogP contribution in [-0.4, -0.2) is 29.4 Å². The Bertz CT molecular complexity index is 1250. The van der Waals surface area contributed by atoms with Crippen LogP contribution >= 0.6 is 0 Å². The summed E-state index contributed by atoms with van der Waals surface area (Å²) in [5.41, 5.74) is 7.44. The van der Waals surface area contributed by atoms with Crippen LogP contribution in [0.3, 0.4) is 0 Å². The smallest absolute Gasteiger partial charge is 0.289 e. The van der Waals surface area contributed by atoms with E-state index in [1.165, 1.54) is 0 Å². The molecule has 3 aromatic carbocycles. The molecule has 166 valence electrons. The van der Waals surface area contributed by atoms with Crippen molar-refractivity contribution < 1.29 is 14.3 Å². The molecule has 0 aliphatic rings. The van der Waals surface area contributed by atoms with Gasteiger partial charge in [-0.2, -0.15) is 10.2 Å². The summed E-state index contributed by atoms with van der Waals surface area (Å²) < 4.78 is 11.3. The average molecular weight is 441 g/mol. The first-order chi connectivity index (χ1) is 16.1. The van der Waals surface area contributed by atoms with E-state index in [0.29, 0.717) is 29.5 Å². The minimum Gasteiger partial charge on any atom is -0.493 e. The third-order valence-corrected chi connectivity index (χ3v) is 4.97. The predicted molar refractivity (Wildman–Crippen MR) is 128 cm³/mol. The minimum absolute atomic E-state index is 0.324. The fourth-order valence-corrected chi connectivity index (χ4v) is 3.15. The monoisotopic (exact) mass is 440 g/mol. The number of aromatic nitrogens is 2. The van der Waals surface area contributed by atoms with E-state index in [-0.39, 0.29) is 5.91 Å². The Morgan fingerprint density at radius 3 is 2.58 bits per heavy atom. The highest BCUT2D eigenvalue weighted by atomic mass is 16.5. The van der Waals surface area contributed by atoms with Crippen molar-refractivity contribution in [3.63, 3.8) is 0 Å². The van der Waals surface area contributed by atoms with Gasteiger partial charge in [-0.3, -0.25) is 9.89 Å². The standard InChI is InChI=1S/C26H24N4O3/c1-18-8-11-21(12-9-18)22-15-23(29-28-22)26(31)30-27-16-20-10-13-24(25(14-20)32-2)33-17-19-6-4-3-5-7-19/h3-16H,17H2,1-2H3,(H,28,29)(H,30,31). The largest absolute Gasteiger partial charge is 0.493 e. The summed E-state index contributed by atoms with van der Waals surface area (Å²) in [6, 6.07) is 25.0. The van der Waals surface area contributed by atoms with Gasteiger partial charge in [-0.05, 0) is 42.3 Å². The van der Waals surface area contributed by atoms with Crippen molar-refractivity contribution >= 4 is 12.1 Å². The fraction of sp³-hybridized carbons (Fsp3) is 0.115. The Kier molecular flexibility index (Phi) is 6.80. The number of H-pyrrole nitrogens is 1. The lowest BCUT2D eigenvalue weighted by molar-refractivity contribution is 0.0950. The number of benzene rings is 3. The summed E-state index contributed by atoms with van der Waals surface area (Å²) >= 11 is 0. The van der Waals surface area contributed by atoms with Crippen molar-refractivity contribution in [3.05, 3.63) is 101 Å². The van der Waals surface area contributed by atoms with E-state index in [1.807, 2.05) is 73.7 Å². The Morgan fingerprint density at radius 1 is 1.03 bits per heavy atom. The number of rotatable bonds is 8. The second kappa shape index (κ2) is 10.3. The summed E-state index contributed by atoms with van der Waals surface area (Å²) in [5.74, 6) is 0.827. The summed E-state index contributed by atoms with van der Waals surface area (Å²) in [6.07, 6.45) is 1.54. The number of hydrogen-bond donors (Lipinski definition) is 2. The molecule has 0 aliphatic heterocycles. The van der Waals surface area contributed by atoms with E-state index in [1.54, 1.807) is 25.5 Å². The van der Waals surface area contributed by atoms with Gasteiger partial charge in [0.1, 0.15) is 12.3 Å². The molecule has 0 radical (unpaired) electrons. The molecule has 0 saturated carbocycles. The quantitative estimate of drug-likeness (QED) is 0.306. The molecule has 0 saturated heterocycles. The molecular weight excluding hydrogens is 416 g/mol. The zero-order valence-electron chi connectivity index (χ0n) is 18.4. The van der Waals surface area contributed by atoms with Crippen LogP contribution in [0.5, 0.6) is 11.5 Å². The average Bonchev–Trinajstić information content (AvgIpc) is 3.34. The van der Waals surface area contributed by atoms with Gasteiger partial charge < -0.3 is 9.47 Å². The summed E-state index contributed by atoms with van der Waals surface area (Å²) in [4.78, 5) is 12.4. The Morgan fingerprint density at radius 2 is 1.82 bits per heavy atom. The van der Waals surface area contributed by atoms with Crippen molar-refractivity contribution in [1.29, 1.82) is 0 Å². The molecule has 33 heavy (non-hydrogen) atoms. The normalized spacial score (nSPS) is 10.8. The Labute approximate surface area is 192 Å². The van der Waals surface area contributed by atoms with Crippen LogP contribution in [0.2, 0.25) is 0 Å². The molecule has 2 N–H and O–H groups in total. The van der Waals surface area contributed by atoms with E-state index >= 15 is 0 Å². The maximum Gasteiger partial charge on any atom is 0.289 e. The molecule has 0 bridgehead atoms. The third-order valence-electron chi connectivity index (χ3n) is 4.97. The predicted octanol–water partition coefficient (Wildman–Crippen LogP) is 4.74. The van der Waals surface area contributed by atoms with Crippen molar-refractivity contribution in [3.8, 4) is 22.8 Å². The van der Waals surface area contributed by atoms with Crippen LogP contribution in [0.25, 0.3) is 11.3 Å². The number of hydrazone groups is 1. The molecular formula is C26H24N4O3. The molecule has 0 fully saturated rings. The van der Waals surface area contributed by atoms with Gasteiger partial charge >= 0.3 is 0 Å². The van der Waals surface area contributed by atoms with Crippen LogP contribution in [-0.2, 0) is 6.61 Å². The fourth-order valence-electron chi connectivity index (χ4n) is 3.15. The van der Waals surface area contributed by atoms with Crippen molar-refractivity contribution in [2.24, 2.45) is 5.10 Å². The minimum atomic E-state index is -0.383. The van der Waals surface area contributed by atoms with Crippen LogP contribution in [0, 0.1) is 6.92 Å². The van der Waals surface area contributed by atoms with Gasteiger partial charge in [0.15, 0.2) is 11.5 Å². The molecule has 0 spiro atoms. The SMILES string of the molecule is COc1cc(C=NNC(=O)c2cc(-c3ccc(C)cc3)n[nH]2)ccc1OCc1ccccc1. The van der Waals surface area contributed by atoms with Crippen molar-refractivity contribution in [2.45, 2.75) is 13.5 Å². The second-order valence-electron chi connectivity index (χ2n) is 7.42. The van der Waals surface area contributed by atoms with Gasteiger partial charge in [-0.15, -0.1) is 0 Å². The van der Waals surface area contributed by atoms with E-state index in [2.05, 4.69) is 20.7 Å². The molecule has 0 aliphatic carbocycles. The number of nitrogens with one attached hydrogen (secondary N) is 2. The lowest BCUT2D eigenvalue weighted by atomic mass is 10.1. The number of carbonyl (C=O) groups is 1. The first-order valence-corrected chi connectivity index (χ1v) is 10.4. The highest BCUT2D eigenvalue weighted by Gasteiger charge is 2.10. The van der Waals surface area contributed by atoms with Gasteiger partial charge in [0.05, 0.1) is 19.0 Å². The maximum absolute atomic E-state index is 12.4. The Hall–Kier alpha value is -4.39. The first-order valence-electron chi connectivity index (χ1n) is 10.4. The lowest BCUT2D eigenvalue weighted by Crippen LogP contribution is -2.18. The zero-order valence-corrected chi connectivity index (χ0v) is 18.4. The summed E-state index contributed by atoms with van der Waals surface area (Å²) in [6.45, 7) is 2.46. The van der Waals surface area contributed by atoms with Crippen LogP contribution in [0.1, 0.15) is 27.2 Å². The number of aromatic amines is 1. The third kappa shape index (κ3) is 5.65. The van der Waals surface area contributed by atoms with E-state index in [0.717, 1.165) is 22.3 Å². The molecule has 4 aromatic rings. The molecule has 4 rings (SSSR count). The summed E-state index contributed by atoms with van der Waals surface area (Å²) in [7, 11) is 1.58. The van der Waals surface area contributed by atoms with E-state index in [4.69, 9.17) is 9.47 Å². The van der Waals surface area contributed by atoms with E-state index in [9.17, 15) is 4.79 Å². The number of hydrogen-bond acceptors (Lipinski definition) is 5. The van der Waals surface area contributed by atoms with Gasteiger partial charge in [0.2, 0.25) is 0 Å². The van der Waals surface area contributed by atoms with Gasteiger partial charge in [0.25, 0.3) is 5.91 Å². The number of nitrogens with zero attached hydrogens (tertiary/aromatic N) is 2. The maximum atomic E-state index is 12.4. The van der Waals surface area contributed by atoms with Crippen LogP contribution in [0.4, 0.5) is 0 Å². The summed E-state index contributed by atoms with van der Waals surface area (Å²) in [5, 5.41) is 11.0. The van der Waals surface area contributed by atoms with Crippen LogP contribution < -0.4 is 14.9 Å². The number of aryl methyl sites for hydroxylation is 1. The molecule has 0 unspecified atom stereocenters. The Balaban J connectivity index is 1.36.